The van der Waals surface area contributed by atoms with Gasteiger partial charge in [0.15, 0.2) is 0 Å². The minimum atomic E-state index is -0.192. The van der Waals surface area contributed by atoms with Gasteiger partial charge in [-0.15, -0.1) is 0 Å². The maximum atomic E-state index is 11.0. The lowest BCUT2D eigenvalue weighted by Gasteiger charge is -2.00. The molecule has 0 aliphatic carbocycles. The molecule has 0 unspecified atom stereocenters. The van der Waals surface area contributed by atoms with Gasteiger partial charge in [-0.05, 0) is 12.1 Å². The van der Waals surface area contributed by atoms with Crippen LogP contribution in [0.2, 0.25) is 0 Å². The van der Waals surface area contributed by atoms with E-state index in [0.717, 1.165) is 22.6 Å². The molecule has 0 aromatic heterocycles. The van der Waals surface area contributed by atoms with E-state index in [0.29, 0.717) is 18.6 Å². The third kappa shape index (κ3) is 0.954. The second kappa shape index (κ2) is 2.38. The van der Waals surface area contributed by atoms with Crippen LogP contribution in [0.25, 0.3) is 0 Å². The van der Waals surface area contributed by atoms with E-state index in [1.165, 1.54) is 0 Å². The van der Waals surface area contributed by atoms with Crippen LogP contribution in [-0.4, -0.2) is 5.97 Å². The van der Waals surface area contributed by atoms with Crippen LogP contribution in [-0.2, 0) is 17.6 Å². The van der Waals surface area contributed by atoms with Gasteiger partial charge in [-0.25, -0.2) is 0 Å². The van der Waals surface area contributed by atoms with Crippen molar-refractivity contribution >= 4 is 5.97 Å². The highest BCUT2D eigenvalue weighted by Gasteiger charge is 2.25. The van der Waals surface area contributed by atoms with Gasteiger partial charge in [0, 0.05) is 17.5 Å². The number of rotatable bonds is 0. The Morgan fingerprint density at radius 2 is 1.71 bits per heavy atom. The summed E-state index contributed by atoms with van der Waals surface area (Å²) < 4.78 is 10.4. The molecule has 2 aliphatic heterocycles. The Bertz CT molecular complexity index is 382. The summed E-state index contributed by atoms with van der Waals surface area (Å²) in [5.74, 6) is 2.04. The van der Waals surface area contributed by atoms with Crippen LogP contribution in [0, 0.1) is 0 Å². The van der Waals surface area contributed by atoms with Gasteiger partial charge >= 0.3 is 5.97 Å². The van der Waals surface area contributed by atoms with Crippen molar-refractivity contribution < 1.29 is 14.3 Å². The third-order valence-corrected chi connectivity index (χ3v) is 2.44. The summed E-state index contributed by atoms with van der Waals surface area (Å²) in [6.45, 7) is 3.76. The fourth-order valence-corrected chi connectivity index (χ4v) is 1.83. The number of carbonyl (C=O) groups excluding carboxylic acids is 1. The Morgan fingerprint density at radius 3 is 2.50 bits per heavy atom. The molecule has 0 bridgehead atoms. The van der Waals surface area contributed by atoms with Gasteiger partial charge in [-0.3, -0.25) is 4.79 Å². The fourth-order valence-electron chi connectivity index (χ4n) is 1.83. The molecule has 0 saturated heterocycles. The summed E-state index contributed by atoms with van der Waals surface area (Å²) in [6, 6.07) is 3.74. The number of hydrogen-bond donors (Lipinski definition) is 0. The predicted molar refractivity (Wildman–Crippen MR) is 49.3 cm³/mol. The van der Waals surface area contributed by atoms with E-state index in [2.05, 4.69) is 6.58 Å². The molecule has 70 valence electrons. The van der Waals surface area contributed by atoms with Crippen LogP contribution in [0.15, 0.2) is 24.5 Å². The van der Waals surface area contributed by atoms with E-state index in [9.17, 15) is 4.79 Å². The van der Waals surface area contributed by atoms with Gasteiger partial charge < -0.3 is 9.47 Å². The van der Waals surface area contributed by atoms with Crippen molar-refractivity contribution in [3.8, 4) is 11.5 Å². The van der Waals surface area contributed by atoms with Gasteiger partial charge in [-0.2, -0.15) is 0 Å². The lowest BCUT2D eigenvalue weighted by atomic mass is 10.1. The molecule has 0 atom stereocenters. The van der Waals surface area contributed by atoms with Gasteiger partial charge in [0.25, 0.3) is 0 Å². The van der Waals surface area contributed by atoms with Crippen LogP contribution in [0.1, 0.15) is 11.1 Å². The second-order valence-corrected chi connectivity index (χ2v) is 3.54. The largest absolute Gasteiger partial charge is 0.462 e. The number of ether oxygens (including phenoxy) is 2. The van der Waals surface area contributed by atoms with Crippen LogP contribution >= 0.6 is 0 Å². The maximum Gasteiger partial charge on any atom is 0.315 e. The molecular formula is C11H8O3. The zero-order valence-electron chi connectivity index (χ0n) is 7.50. The molecule has 0 N–H and O–H groups in total. The summed E-state index contributed by atoms with van der Waals surface area (Å²) in [7, 11) is 0. The van der Waals surface area contributed by atoms with Crippen LogP contribution in [0.5, 0.6) is 11.5 Å². The zero-order valence-corrected chi connectivity index (χ0v) is 7.50. The fraction of sp³-hybridized carbons (Fsp3) is 0.182. The average Bonchev–Trinajstić information content (AvgIpc) is 2.59. The number of esters is 1. The quantitative estimate of drug-likeness (QED) is 0.458. The van der Waals surface area contributed by atoms with E-state index < -0.39 is 0 Å². The average molecular weight is 188 g/mol. The Kier molecular flexibility index (Phi) is 1.29. The highest BCUT2D eigenvalue weighted by Crippen LogP contribution is 2.38. The molecule has 0 saturated carbocycles. The molecule has 3 rings (SSSR count). The minimum absolute atomic E-state index is 0.192. The maximum absolute atomic E-state index is 11.0. The molecule has 3 nitrogen and oxygen atoms in total. The molecular weight excluding hydrogens is 180 g/mol. The first-order chi connectivity index (χ1) is 6.72. The Hall–Kier alpha value is -1.77. The van der Waals surface area contributed by atoms with Gasteiger partial charge in [0.1, 0.15) is 17.3 Å². The lowest BCUT2D eigenvalue weighted by Crippen LogP contribution is -2.00. The smallest absolute Gasteiger partial charge is 0.315 e. The van der Waals surface area contributed by atoms with E-state index in [1.807, 2.05) is 12.1 Å². The number of carbonyl (C=O) groups is 1. The van der Waals surface area contributed by atoms with Crippen molar-refractivity contribution in [3.05, 3.63) is 35.6 Å². The van der Waals surface area contributed by atoms with E-state index in [4.69, 9.17) is 9.47 Å². The van der Waals surface area contributed by atoms with E-state index in [1.54, 1.807) is 0 Å². The monoisotopic (exact) mass is 188 g/mol. The summed E-state index contributed by atoms with van der Waals surface area (Å²) >= 11 is 0. The molecule has 1 aromatic rings. The van der Waals surface area contributed by atoms with Crippen molar-refractivity contribution in [2.45, 2.75) is 12.8 Å². The number of benzene rings is 1. The lowest BCUT2D eigenvalue weighted by molar-refractivity contribution is -0.131. The van der Waals surface area contributed by atoms with Crippen LogP contribution in [0.4, 0.5) is 0 Å². The van der Waals surface area contributed by atoms with Gasteiger partial charge in [0.2, 0.25) is 0 Å². The Balaban J connectivity index is 2.13. The number of allylic oxidation sites excluding steroid dienone is 1. The molecule has 0 fully saturated rings. The second-order valence-electron chi connectivity index (χ2n) is 3.54. The Morgan fingerprint density at radius 1 is 1.07 bits per heavy atom. The summed E-state index contributed by atoms with van der Waals surface area (Å²) in [6.07, 6.45) is 1.05. The first kappa shape index (κ1) is 7.62. The van der Waals surface area contributed by atoms with Crippen LogP contribution < -0.4 is 9.47 Å². The van der Waals surface area contributed by atoms with Crippen molar-refractivity contribution in [3.63, 3.8) is 0 Å². The first-order valence-corrected chi connectivity index (χ1v) is 4.44. The molecule has 3 heteroatoms. The molecule has 1 aromatic carbocycles. The number of fused-ring (bicyclic) bond motifs is 2. The Labute approximate surface area is 80.9 Å². The van der Waals surface area contributed by atoms with Gasteiger partial charge in [0.05, 0.1) is 6.42 Å². The highest BCUT2D eigenvalue weighted by atomic mass is 16.5. The highest BCUT2D eigenvalue weighted by molar-refractivity contribution is 5.81. The summed E-state index contributed by atoms with van der Waals surface area (Å²) in [5.41, 5.74) is 1.95. The minimum Gasteiger partial charge on any atom is -0.462 e. The molecule has 0 spiro atoms. The summed E-state index contributed by atoms with van der Waals surface area (Å²) in [4.78, 5) is 11.0. The van der Waals surface area contributed by atoms with E-state index >= 15 is 0 Å². The van der Waals surface area contributed by atoms with Crippen LogP contribution in [0.3, 0.4) is 0 Å². The van der Waals surface area contributed by atoms with Crippen molar-refractivity contribution in [2.24, 2.45) is 0 Å². The van der Waals surface area contributed by atoms with E-state index in [-0.39, 0.29) is 5.97 Å². The van der Waals surface area contributed by atoms with Gasteiger partial charge in [-0.1, -0.05) is 6.58 Å². The third-order valence-electron chi connectivity index (χ3n) is 2.44. The standard InChI is InChI=1S/C11H8O3/c1-6-2-7-3-10-8(4-9(7)13-6)5-11(12)14-10/h3-4H,1-2,5H2. The topological polar surface area (TPSA) is 35.5 Å². The SMILES string of the molecule is C=C1Cc2cc3c(cc2O1)CC(=O)O3. The van der Waals surface area contributed by atoms with Crippen molar-refractivity contribution in [1.82, 2.24) is 0 Å². The first-order valence-electron chi connectivity index (χ1n) is 4.44. The molecule has 2 heterocycles. The molecule has 0 amide bonds. The predicted octanol–water partition coefficient (Wildman–Crippen LogP) is 1.60. The summed E-state index contributed by atoms with van der Waals surface area (Å²) in [5, 5.41) is 0. The van der Waals surface area contributed by atoms with Crippen molar-refractivity contribution in [1.29, 1.82) is 0 Å². The molecule has 0 radical (unpaired) electrons. The number of hydrogen-bond acceptors (Lipinski definition) is 3. The van der Waals surface area contributed by atoms with Crippen molar-refractivity contribution in [2.75, 3.05) is 0 Å². The normalized spacial score (nSPS) is 17.4. The molecule has 2 aliphatic rings. The molecule has 14 heavy (non-hydrogen) atoms. The zero-order chi connectivity index (χ0) is 9.71.